The first-order chi connectivity index (χ1) is 20.0. The van der Waals surface area contributed by atoms with Crippen molar-refractivity contribution in [2.45, 2.75) is 56.8 Å². The maximum atomic E-state index is 14.0. The second-order valence-electron chi connectivity index (χ2n) is 12.0. The van der Waals surface area contributed by atoms with Crippen LogP contribution in [0.25, 0.3) is 10.9 Å². The van der Waals surface area contributed by atoms with Gasteiger partial charge >= 0.3 is 6.18 Å². The molecule has 3 heterocycles. The van der Waals surface area contributed by atoms with E-state index in [9.17, 15) is 17.6 Å². The highest BCUT2D eigenvalue weighted by Gasteiger charge is 2.67. The van der Waals surface area contributed by atoms with Crippen molar-refractivity contribution in [2.75, 3.05) is 17.2 Å². The normalized spacial score (nSPS) is 24.2. The van der Waals surface area contributed by atoms with E-state index in [-0.39, 0.29) is 12.8 Å². The fraction of sp³-hybridized carbons (Fsp3) is 0.400. The van der Waals surface area contributed by atoms with Crippen LogP contribution in [0.2, 0.25) is 5.02 Å². The van der Waals surface area contributed by atoms with Crippen molar-refractivity contribution in [3.05, 3.63) is 70.2 Å². The van der Waals surface area contributed by atoms with Crippen molar-refractivity contribution in [2.24, 2.45) is 11.3 Å². The Bertz CT molecular complexity index is 1660. The Morgan fingerprint density at radius 3 is 2.62 bits per heavy atom. The molecule has 218 valence electrons. The number of anilines is 2. The number of hydrazine groups is 2. The minimum Gasteiger partial charge on any atom is -0.383 e. The predicted octanol–water partition coefficient (Wildman–Crippen LogP) is 6.34. The molecule has 1 aromatic carbocycles. The van der Waals surface area contributed by atoms with Gasteiger partial charge in [-0.2, -0.15) is 17.6 Å². The Morgan fingerprint density at radius 2 is 2.00 bits per heavy atom. The van der Waals surface area contributed by atoms with Crippen LogP contribution in [0.3, 0.4) is 0 Å². The number of aromatic nitrogens is 2. The zero-order valence-corrected chi connectivity index (χ0v) is 23.4. The Hall–Kier alpha value is -3.75. The average Bonchev–Trinajstić information content (AvgIpc) is 3.57. The Balaban J connectivity index is 1.27. The quantitative estimate of drug-likeness (QED) is 0.137. The number of aryl methyl sites for hydroxylation is 1. The van der Waals surface area contributed by atoms with Gasteiger partial charge in [-0.15, -0.1) is 12.0 Å². The van der Waals surface area contributed by atoms with Gasteiger partial charge in [0.1, 0.15) is 0 Å². The highest BCUT2D eigenvalue weighted by atomic mass is 35.5. The number of alkyl halides is 3. The Labute approximate surface area is 245 Å². The first kappa shape index (κ1) is 27.1. The highest BCUT2D eigenvalue weighted by Crippen LogP contribution is 2.64. The summed E-state index contributed by atoms with van der Waals surface area (Å²) in [6.45, 7) is 2.45. The molecule has 0 spiro atoms. The van der Waals surface area contributed by atoms with Gasteiger partial charge in [-0.3, -0.25) is 9.99 Å². The van der Waals surface area contributed by atoms with Crippen molar-refractivity contribution in [3.8, 4) is 12.3 Å². The van der Waals surface area contributed by atoms with Gasteiger partial charge in [0.05, 0.1) is 33.5 Å². The van der Waals surface area contributed by atoms with Gasteiger partial charge in [0, 0.05) is 41.3 Å². The van der Waals surface area contributed by atoms with Crippen LogP contribution in [0.15, 0.2) is 42.4 Å². The lowest BCUT2D eigenvalue weighted by atomic mass is 9.44. The number of terminal acetylenes is 1. The van der Waals surface area contributed by atoms with Crippen LogP contribution in [-0.2, 0) is 0 Å². The molecule has 0 saturated heterocycles. The van der Waals surface area contributed by atoms with Gasteiger partial charge in [0.25, 0.3) is 0 Å². The third-order valence-electron chi connectivity index (χ3n) is 9.21. The molecule has 4 saturated carbocycles. The summed E-state index contributed by atoms with van der Waals surface area (Å²) in [6.07, 6.45) is 8.07. The largest absolute Gasteiger partial charge is 0.413 e. The zero-order valence-electron chi connectivity index (χ0n) is 22.7. The fourth-order valence-corrected chi connectivity index (χ4v) is 6.88. The number of benzene rings is 1. The van der Waals surface area contributed by atoms with Crippen molar-refractivity contribution in [3.63, 3.8) is 0 Å². The molecule has 2 bridgehead atoms. The number of halogens is 5. The molecule has 2 aromatic heterocycles. The minimum atomic E-state index is -4.42. The molecule has 4 fully saturated rings. The van der Waals surface area contributed by atoms with E-state index in [1.54, 1.807) is 25.3 Å². The number of nitrogens with zero attached hydrogens (tertiary/aromatic N) is 3. The number of hydrogen-bond acceptors (Lipinski definition) is 7. The predicted molar refractivity (Wildman–Crippen MR) is 152 cm³/mol. The van der Waals surface area contributed by atoms with Crippen LogP contribution in [0, 0.1) is 36.5 Å². The first-order valence-corrected chi connectivity index (χ1v) is 14.2. The summed E-state index contributed by atoms with van der Waals surface area (Å²) < 4.78 is 55.5. The SMILES string of the molecule is C#Cc1cnc2c(Cl)cc(N[C@H](C3=CN(C4(C(F)(F)F)CC4)NN3)c3ccc(F)nc3C)cc2c1NCC12CC(C1)C2. The summed E-state index contributed by atoms with van der Waals surface area (Å²) in [7, 11) is 0. The molecule has 0 unspecified atom stereocenters. The summed E-state index contributed by atoms with van der Waals surface area (Å²) in [6, 6.07) is 5.63. The summed E-state index contributed by atoms with van der Waals surface area (Å²) in [5.74, 6) is 2.90. The molecule has 1 atom stereocenters. The third-order valence-corrected chi connectivity index (χ3v) is 9.50. The molecule has 7 nitrogen and oxygen atoms in total. The number of rotatable bonds is 8. The lowest BCUT2D eigenvalue weighted by Crippen LogP contribution is -2.55. The van der Waals surface area contributed by atoms with Crippen LogP contribution in [0.5, 0.6) is 0 Å². The van der Waals surface area contributed by atoms with Gasteiger partial charge in [0.2, 0.25) is 5.95 Å². The molecule has 3 aromatic rings. The molecule has 4 N–H and O–H groups in total. The van der Waals surface area contributed by atoms with E-state index in [0.717, 1.165) is 28.5 Å². The Kier molecular flexibility index (Phi) is 6.05. The first-order valence-electron chi connectivity index (χ1n) is 13.8. The molecular weight excluding hydrogens is 570 g/mol. The van der Waals surface area contributed by atoms with Crippen LogP contribution >= 0.6 is 11.6 Å². The number of fused-ring (bicyclic) bond motifs is 1. The smallest absolute Gasteiger partial charge is 0.383 e. The second-order valence-corrected chi connectivity index (χ2v) is 12.4. The number of nitrogens with one attached hydrogen (secondary N) is 4. The van der Waals surface area contributed by atoms with Crippen LogP contribution < -0.4 is 21.6 Å². The maximum Gasteiger partial charge on any atom is 0.413 e. The molecule has 1 aliphatic heterocycles. The van der Waals surface area contributed by atoms with Crippen LogP contribution in [-0.4, -0.2) is 33.2 Å². The standard InChI is InChI=1S/C30H28ClF4N7/c1-3-18-13-36-26-21(25(18)37-15-28-10-17(11-28)12-28)8-19(9-22(26)31)39-27(20-4-5-24(32)38-16(20)2)23-14-42(41-40-23)29(6-7-29)30(33,34)35/h1,4-5,8-9,13-14,17,27,39-41H,6-7,10-12,15H2,2H3,(H,36,37)/t17?,27-,28?/m0/s1. The molecule has 0 amide bonds. The van der Waals surface area contributed by atoms with Gasteiger partial charge in [-0.1, -0.05) is 23.6 Å². The number of hydrogen-bond donors (Lipinski definition) is 4. The molecule has 42 heavy (non-hydrogen) atoms. The van der Waals surface area contributed by atoms with E-state index in [2.05, 4.69) is 37.5 Å². The van der Waals surface area contributed by atoms with Crippen LogP contribution in [0.4, 0.5) is 28.9 Å². The lowest BCUT2D eigenvalue weighted by Gasteiger charge is -2.62. The van der Waals surface area contributed by atoms with Crippen molar-refractivity contribution < 1.29 is 17.6 Å². The van der Waals surface area contributed by atoms with E-state index in [1.807, 2.05) is 6.07 Å². The van der Waals surface area contributed by atoms with Crippen molar-refractivity contribution >= 4 is 33.9 Å². The van der Waals surface area contributed by atoms with Crippen molar-refractivity contribution in [1.29, 1.82) is 0 Å². The minimum absolute atomic E-state index is 0.0211. The summed E-state index contributed by atoms with van der Waals surface area (Å²) in [5.41, 5.74) is 7.77. The third kappa shape index (κ3) is 4.31. The lowest BCUT2D eigenvalue weighted by molar-refractivity contribution is -0.195. The van der Waals surface area contributed by atoms with Gasteiger partial charge in [-0.25, -0.2) is 4.98 Å². The van der Waals surface area contributed by atoms with E-state index in [0.29, 0.717) is 44.2 Å². The van der Waals surface area contributed by atoms with Gasteiger partial charge in [-0.05, 0) is 68.6 Å². The van der Waals surface area contributed by atoms with Crippen molar-refractivity contribution in [1.82, 2.24) is 25.9 Å². The molecule has 8 rings (SSSR count). The van der Waals surface area contributed by atoms with E-state index < -0.39 is 23.7 Å². The van der Waals surface area contributed by atoms with Crippen LogP contribution in [0.1, 0.15) is 55.0 Å². The number of pyridine rings is 2. The second kappa shape index (κ2) is 9.38. The van der Waals surface area contributed by atoms with Gasteiger partial charge in [0.15, 0.2) is 5.54 Å². The topological polar surface area (TPSA) is 77.1 Å². The summed E-state index contributed by atoms with van der Waals surface area (Å²) in [5, 5.41) is 9.13. The zero-order chi connectivity index (χ0) is 29.4. The summed E-state index contributed by atoms with van der Waals surface area (Å²) in [4.78, 5) is 8.46. The van der Waals surface area contributed by atoms with E-state index in [4.69, 9.17) is 18.0 Å². The summed E-state index contributed by atoms with van der Waals surface area (Å²) >= 11 is 6.73. The molecule has 5 aliphatic rings. The monoisotopic (exact) mass is 597 g/mol. The molecule has 0 radical (unpaired) electrons. The van der Waals surface area contributed by atoms with Gasteiger partial charge < -0.3 is 16.1 Å². The fourth-order valence-electron chi connectivity index (χ4n) is 6.61. The maximum absolute atomic E-state index is 14.0. The average molecular weight is 598 g/mol. The Morgan fingerprint density at radius 1 is 1.24 bits per heavy atom. The van der Waals surface area contributed by atoms with E-state index in [1.165, 1.54) is 31.5 Å². The highest BCUT2D eigenvalue weighted by molar-refractivity contribution is 6.35. The molecular formula is C30H28ClF4N7. The molecule has 12 heteroatoms. The molecule has 4 aliphatic carbocycles. The van der Waals surface area contributed by atoms with E-state index >= 15 is 0 Å².